The molecule has 0 aromatic carbocycles. The van der Waals surface area contributed by atoms with Gasteiger partial charge in [-0.15, -0.1) is 0 Å². The molecule has 1 saturated heterocycles. The van der Waals surface area contributed by atoms with Crippen molar-refractivity contribution in [1.82, 2.24) is 5.32 Å². The van der Waals surface area contributed by atoms with E-state index in [1.807, 2.05) is 0 Å². The quantitative estimate of drug-likeness (QED) is 0.567. The largest absolute Gasteiger partial charge is 0.326 e. The van der Waals surface area contributed by atoms with Crippen molar-refractivity contribution in [2.45, 2.75) is 38.3 Å². The van der Waals surface area contributed by atoms with Crippen LogP contribution in [-0.2, 0) is 0 Å². The predicted octanol–water partition coefficient (Wildman–Crippen LogP) is 0.476. The van der Waals surface area contributed by atoms with Gasteiger partial charge >= 0.3 is 0 Å². The minimum absolute atomic E-state index is 0.382. The molecule has 1 rings (SSSR count). The lowest BCUT2D eigenvalue weighted by atomic mass is 10.1. The molecule has 0 amide bonds. The van der Waals surface area contributed by atoms with Crippen LogP contribution in [0.1, 0.15) is 26.2 Å². The molecule has 1 fully saturated rings. The van der Waals surface area contributed by atoms with Crippen LogP contribution in [0.5, 0.6) is 0 Å². The van der Waals surface area contributed by atoms with E-state index in [4.69, 9.17) is 5.73 Å². The second kappa shape index (κ2) is 3.18. The summed E-state index contributed by atoms with van der Waals surface area (Å²) in [5, 5.41) is 3.38. The maximum absolute atomic E-state index is 5.82. The summed E-state index contributed by atoms with van der Waals surface area (Å²) in [4.78, 5) is 0. The van der Waals surface area contributed by atoms with E-state index in [-0.39, 0.29) is 0 Å². The summed E-state index contributed by atoms with van der Waals surface area (Å²) in [6.45, 7) is 3.31. The Morgan fingerprint density at radius 2 is 2.56 bits per heavy atom. The summed E-state index contributed by atoms with van der Waals surface area (Å²) in [7, 11) is 0. The van der Waals surface area contributed by atoms with Crippen molar-refractivity contribution in [3.05, 3.63) is 0 Å². The maximum atomic E-state index is 5.82. The average molecular weight is 128 g/mol. The van der Waals surface area contributed by atoms with E-state index in [2.05, 4.69) is 12.2 Å². The van der Waals surface area contributed by atoms with Crippen LogP contribution in [0.15, 0.2) is 0 Å². The molecule has 1 aliphatic rings. The van der Waals surface area contributed by atoms with Gasteiger partial charge in [0.15, 0.2) is 0 Å². The van der Waals surface area contributed by atoms with Gasteiger partial charge in [0.2, 0.25) is 0 Å². The van der Waals surface area contributed by atoms with Crippen LogP contribution in [0.3, 0.4) is 0 Å². The summed E-state index contributed by atoms with van der Waals surface area (Å²) >= 11 is 0. The van der Waals surface area contributed by atoms with Gasteiger partial charge in [0.05, 0.1) is 0 Å². The van der Waals surface area contributed by atoms with Gasteiger partial charge in [0.1, 0.15) is 0 Å². The lowest BCUT2D eigenvalue weighted by Crippen LogP contribution is -2.40. The first-order valence-electron chi connectivity index (χ1n) is 3.83. The summed E-state index contributed by atoms with van der Waals surface area (Å²) in [6.07, 6.45) is 3.67. The van der Waals surface area contributed by atoms with Crippen molar-refractivity contribution in [3.63, 3.8) is 0 Å². The monoisotopic (exact) mass is 128 g/mol. The van der Waals surface area contributed by atoms with Crippen LogP contribution in [0, 0.1) is 0 Å². The van der Waals surface area contributed by atoms with Crippen LogP contribution in [0.4, 0.5) is 0 Å². The van der Waals surface area contributed by atoms with Crippen molar-refractivity contribution >= 4 is 0 Å². The van der Waals surface area contributed by atoms with Gasteiger partial charge < -0.3 is 11.1 Å². The molecular weight excluding hydrogens is 112 g/mol. The molecular formula is C7H16N2. The Morgan fingerprint density at radius 3 is 3.00 bits per heavy atom. The fourth-order valence-electron chi connectivity index (χ4n) is 1.36. The molecule has 2 nitrogen and oxygen atoms in total. The number of nitrogens with one attached hydrogen (secondary N) is 1. The lowest BCUT2D eigenvalue weighted by Gasteiger charge is -2.16. The summed E-state index contributed by atoms with van der Waals surface area (Å²) < 4.78 is 0. The highest BCUT2D eigenvalue weighted by molar-refractivity contribution is 4.82. The van der Waals surface area contributed by atoms with Gasteiger partial charge in [-0.3, -0.25) is 0 Å². The molecule has 0 aromatic rings. The van der Waals surface area contributed by atoms with Crippen LogP contribution in [0.2, 0.25) is 0 Å². The molecule has 0 spiro atoms. The van der Waals surface area contributed by atoms with E-state index in [9.17, 15) is 0 Å². The highest BCUT2D eigenvalue weighted by Crippen LogP contribution is 2.08. The van der Waals surface area contributed by atoms with Gasteiger partial charge in [-0.05, 0) is 25.8 Å². The number of hydrogen-bond acceptors (Lipinski definition) is 2. The summed E-state index contributed by atoms with van der Waals surface area (Å²) in [5.74, 6) is 0. The van der Waals surface area contributed by atoms with Crippen molar-refractivity contribution in [2.75, 3.05) is 6.54 Å². The zero-order valence-electron chi connectivity index (χ0n) is 6.06. The van der Waals surface area contributed by atoms with Crippen LogP contribution >= 0.6 is 0 Å². The topological polar surface area (TPSA) is 38.0 Å². The zero-order chi connectivity index (χ0) is 6.69. The molecule has 1 unspecified atom stereocenters. The van der Waals surface area contributed by atoms with Crippen LogP contribution < -0.4 is 11.1 Å². The zero-order valence-corrected chi connectivity index (χ0v) is 6.06. The molecule has 54 valence electrons. The van der Waals surface area contributed by atoms with Crippen molar-refractivity contribution in [3.8, 4) is 0 Å². The smallest absolute Gasteiger partial charge is 0.0219 e. The fraction of sp³-hybridized carbons (Fsp3) is 1.00. The average Bonchev–Trinajstić information content (AvgIpc) is 2.37. The SMILES string of the molecule is CCC(N)[C@@H]1CCCN1. The third kappa shape index (κ3) is 1.66. The third-order valence-electron chi connectivity index (χ3n) is 2.09. The molecule has 2 atom stereocenters. The fourth-order valence-corrected chi connectivity index (χ4v) is 1.36. The molecule has 0 radical (unpaired) electrons. The number of hydrogen-bond donors (Lipinski definition) is 2. The van der Waals surface area contributed by atoms with E-state index in [1.54, 1.807) is 0 Å². The second-order valence-corrected chi connectivity index (χ2v) is 2.77. The summed E-state index contributed by atoms with van der Waals surface area (Å²) in [5.41, 5.74) is 5.82. The van der Waals surface area contributed by atoms with Crippen LogP contribution in [0.25, 0.3) is 0 Å². The van der Waals surface area contributed by atoms with Crippen LogP contribution in [-0.4, -0.2) is 18.6 Å². The van der Waals surface area contributed by atoms with Gasteiger partial charge in [-0.2, -0.15) is 0 Å². The van der Waals surface area contributed by atoms with Gasteiger partial charge in [-0.1, -0.05) is 6.92 Å². The predicted molar refractivity (Wildman–Crippen MR) is 39.3 cm³/mol. The molecule has 0 bridgehead atoms. The molecule has 1 aliphatic heterocycles. The summed E-state index contributed by atoms with van der Waals surface area (Å²) in [6, 6.07) is 0.988. The first-order valence-corrected chi connectivity index (χ1v) is 3.83. The Bertz CT molecular complexity index is 77.0. The van der Waals surface area contributed by atoms with Gasteiger partial charge in [0.25, 0.3) is 0 Å². The lowest BCUT2D eigenvalue weighted by molar-refractivity contribution is 0.473. The standard InChI is InChI=1S/C7H16N2/c1-2-6(8)7-4-3-5-9-7/h6-7,9H,2-5,8H2,1H3/t6?,7-/m0/s1. The molecule has 2 heteroatoms. The molecule has 3 N–H and O–H groups in total. The highest BCUT2D eigenvalue weighted by Gasteiger charge is 2.18. The van der Waals surface area contributed by atoms with E-state index >= 15 is 0 Å². The van der Waals surface area contributed by atoms with Gasteiger partial charge in [-0.25, -0.2) is 0 Å². The highest BCUT2D eigenvalue weighted by atomic mass is 15.0. The minimum atomic E-state index is 0.382. The Hall–Kier alpha value is -0.0800. The number of rotatable bonds is 2. The first kappa shape index (κ1) is 7.03. The Kier molecular flexibility index (Phi) is 2.49. The maximum Gasteiger partial charge on any atom is 0.0219 e. The van der Waals surface area contributed by atoms with Crippen molar-refractivity contribution < 1.29 is 0 Å². The Balaban J connectivity index is 2.24. The Morgan fingerprint density at radius 1 is 1.78 bits per heavy atom. The minimum Gasteiger partial charge on any atom is -0.326 e. The Labute approximate surface area is 56.8 Å². The molecule has 0 saturated carbocycles. The molecule has 0 aromatic heterocycles. The first-order chi connectivity index (χ1) is 4.34. The number of nitrogens with two attached hydrogens (primary N) is 1. The van der Waals surface area contributed by atoms with E-state index in [0.717, 1.165) is 6.42 Å². The second-order valence-electron chi connectivity index (χ2n) is 2.77. The third-order valence-corrected chi connectivity index (χ3v) is 2.09. The van der Waals surface area contributed by atoms with Crippen molar-refractivity contribution in [1.29, 1.82) is 0 Å². The van der Waals surface area contributed by atoms with E-state index < -0.39 is 0 Å². The molecule has 1 heterocycles. The molecule has 0 aliphatic carbocycles. The van der Waals surface area contributed by atoms with E-state index in [1.165, 1.54) is 19.4 Å². The molecule has 9 heavy (non-hydrogen) atoms. The normalized spacial score (nSPS) is 30.7. The van der Waals surface area contributed by atoms with E-state index in [0.29, 0.717) is 12.1 Å². The van der Waals surface area contributed by atoms with Gasteiger partial charge in [0, 0.05) is 12.1 Å². The van der Waals surface area contributed by atoms with Crippen molar-refractivity contribution in [2.24, 2.45) is 5.73 Å².